The van der Waals surface area contributed by atoms with Gasteiger partial charge in [0.2, 0.25) is 0 Å². The molecule has 1 saturated heterocycles. The topological polar surface area (TPSA) is 15.7 Å². The fourth-order valence-electron chi connectivity index (χ4n) is 2.32. The summed E-state index contributed by atoms with van der Waals surface area (Å²) in [7, 11) is 4.17. The van der Waals surface area contributed by atoms with E-state index in [2.05, 4.69) is 86.1 Å². The quantitative estimate of drug-likeness (QED) is 0.628. The van der Waals surface area contributed by atoms with Gasteiger partial charge >= 0.3 is 0 Å². The van der Waals surface area contributed by atoms with Crippen LogP contribution in [0.5, 0.6) is 0 Å². The lowest BCUT2D eigenvalue weighted by molar-refractivity contribution is 0.0494. The average Bonchev–Trinajstić information content (AvgIpc) is 2.99. The van der Waals surface area contributed by atoms with Crippen LogP contribution in [0.4, 0.5) is 0 Å². The first-order valence-corrected chi connectivity index (χ1v) is 10.7. The molecule has 1 aliphatic heterocycles. The van der Waals surface area contributed by atoms with Crippen LogP contribution in [0.15, 0.2) is 30.3 Å². The second kappa shape index (κ2) is 14.6. The maximum absolute atomic E-state index is 5.90. The minimum absolute atomic E-state index is 0.425. The van der Waals surface area contributed by atoms with Gasteiger partial charge in [-0.25, -0.2) is 0 Å². The molecule has 1 aliphatic rings. The Labute approximate surface area is 153 Å². The molecule has 5 heteroatoms. The lowest BCUT2D eigenvalue weighted by atomic mass is 10.2. The van der Waals surface area contributed by atoms with Crippen LogP contribution in [0.25, 0.3) is 0 Å². The summed E-state index contributed by atoms with van der Waals surface area (Å²) in [5.74, 6) is 3.62. The van der Waals surface area contributed by atoms with Gasteiger partial charge in [0.1, 0.15) is 0 Å². The third-order valence-corrected chi connectivity index (χ3v) is 3.37. The molecule has 0 aromatic heterocycles. The molecule has 22 heavy (non-hydrogen) atoms. The lowest BCUT2D eigenvalue weighted by Gasteiger charge is -2.17. The molecule has 1 aromatic rings. The van der Waals surface area contributed by atoms with E-state index in [1.807, 2.05) is 11.7 Å². The number of halogens is 2. The fourth-order valence-corrected chi connectivity index (χ4v) is 2.32. The van der Waals surface area contributed by atoms with Crippen molar-refractivity contribution >= 4 is 31.9 Å². The number of hydrogen-bond donors (Lipinski definition) is 0. The molecule has 0 amide bonds. The highest BCUT2D eigenvalue weighted by atomic mass is 79.9. The van der Waals surface area contributed by atoms with Crippen LogP contribution in [0.1, 0.15) is 12.0 Å². The van der Waals surface area contributed by atoms with Gasteiger partial charge < -0.3 is 9.64 Å². The zero-order valence-electron chi connectivity index (χ0n) is 14.3. The molecule has 2 rings (SSSR count). The van der Waals surface area contributed by atoms with E-state index in [4.69, 9.17) is 4.74 Å². The van der Waals surface area contributed by atoms with Gasteiger partial charge in [0.15, 0.2) is 0 Å². The van der Waals surface area contributed by atoms with Crippen molar-refractivity contribution in [2.24, 2.45) is 0 Å². The fraction of sp³-hybridized carbons (Fsp3) is 0.647. The Kier molecular flexibility index (Phi) is 14.7. The number of rotatable bonds is 6. The van der Waals surface area contributed by atoms with Crippen molar-refractivity contribution in [3.05, 3.63) is 35.9 Å². The first-order valence-electron chi connectivity index (χ1n) is 7.52. The van der Waals surface area contributed by atoms with Crippen molar-refractivity contribution < 1.29 is 4.74 Å². The Balaban J connectivity index is 0.00000102. The Hall–Kier alpha value is 0.0600. The first kappa shape index (κ1) is 22.1. The summed E-state index contributed by atoms with van der Waals surface area (Å²) in [4.78, 5) is 4.65. The predicted molar refractivity (Wildman–Crippen MR) is 104 cm³/mol. The van der Waals surface area contributed by atoms with Gasteiger partial charge in [0.25, 0.3) is 0 Å². The smallest absolute Gasteiger partial charge is 0.0714 e. The highest BCUT2D eigenvalue weighted by Crippen LogP contribution is 2.15. The van der Waals surface area contributed by atoms with Crippen LogP contribution < -0.4 is 0 Å². The zero-order valence-corrected chi connectivity index (χ0v) is 17.4. The van der Waals surface area contributed by atoms with Crippen LogP contribution in [-0.4, -0.2) is 67.9 Å². The van der Waals surface area contributed by atoms with Crippen molar-refractivity contribution in [2.45, 2.75) is 19.1 Å². The van der Waals surface area contributed by atoms with E-state index in [9.17, 15) is 0 Å². The molecule has 1 atom stereocenters. The Morgan fingerprint density at radius 3 is 2.36 bits per heavy atom. The SMILES string of the molecule is CBr.CBr.CN(C)CCOC1CCN(Cc2ccccc2)C1. The Bertz CT molecular complexity index is 350. The number of ether oxygens (including phenoxy) is 1. The standard InChI is InChI=1S/C15H24N2O.2CH3Br/c1-16(2)10-11-18-15-8-9-17(13-15)12-14-6-4-3-5-7-14;2*1-2/h3-7,15H,8-13H2,1-2H3;2*1H3. The highest BCUT2D eigenvalue weighted by molar-refractivity contribution is 9.09. The number of alkyl halides is 2. The van der Waals surface area contributed by atoms with Gasteiger partial charge in [-0.2, -0.15) is 0 Å². The third kappa shape index (κ3) is 9.95. The van der Waals surface area contributed by atoms with Crippen LogP contribution in [0.2, 0.25) is 0 Å². The van der Waals surface area contributed by atoms with E-state index in [1.165, 1.54) is 12.0 Å². The molecule has 0 bridgehead atoms. The summed E-state index contributed by atoms with van der Waals surface area (Å²) < 4.78 is 5.90. The molecule has 0 N–H and O–H groups in total. The van der Waals surface area contributed by atoms with Crippen LogP contribution in [0, 0.1) is 0 Å². The summed E-state index contributed by atoms with van der Waals surface area (Å²) in [6.45, 7) is 5.13. The molecular formula is C17H30Br2N2O. The van der Waals surface area contributed by atoms with Gasteiger partial charge in [0.05, 0.1) is 12.7 Å². The average molecular weight is 438 g/mol. The van der Waals surface area contributed by atoms with Gasteiger partial charge in [-0.15, -0.1) is 0 Å². The van der Waals surface area contributed by atoms with Gasteiger partial charge in [-0.1, -0.05) is 62.2 Å². The second-order valence-corrected chi connectivity index (χ2v) is 5.31. The number of likely N-dealkylation sites (N-methyl/N-ethyl adjacent to an activating group) is 1. The maximum Gasteiger partial charge on any atom is 0.0714 e. The molecule has 0 spiro atoms. The molecule has 1 fully saturated rings. The minimum atomic E-state index is 0.425. The third-order valence-electron chi connectivity index (χ3n) is 3.37. The summed E-state index contributed by atoms with van der Waals surface area (Å²) in [5, 5.41) is 0. The van der Waals surface area contributed by atoms with Gasteiger partial charge in [-0.3, -0.25) is 4.90 Å². The monoisotopic (exact) mass is 436 g/mol. The lowest BCUT2D eigenvalue weighted by Crippen LogP contribution is -2.25. The molecule has 3 nitrogen and oxygen atoms in total. The molecule has 0 radical (unpaired) electrons. The van der Waals surface area contributed by atoms with Gasteiger partial charge in [-0.05, 0) is 37.7 Å². The highest BCUT2D eigenvalue weighted by Gasteiger charge is 2.22. The molecule has 1 unspecified atom stereocenters. The zero-order chi connectivity index (χ0) is 16.8. The molecule has 0 aliphatic carbocycles. The van der Waals surface area contributed by atoms with Crippen molar-refractivity contribution in [1.82, 2.24) is 9.80 Å². The number of hydrogen-bond acceptors (Lipinski definition) is 3. The van der Waals surface area contributed by atoms with Crippen LogP contribution in [-0.2, 0) is 11.3 Å². The van der Waals surface area contributed by atoms with Crippen molar-refractivity contribution in [3.63, 3.8) is 0 Å². The normalized spacial score (nSPS) is 17.5. The Morgan fingerprint density at radius 1 is 1.14 bits per heavy atom. The van der Waals surface area contributed by atoms with Crippen LogP contribution in [0.3, 0.4) is 0 Å². The Morgan fingerprint density at radius 2 is 1.77 bits per heavy atom. The van der Waals surface area contributed by atoms with E-state index >= 15 is 0 Å². The second-order valence-electron chi connectivity index (χ2n) is 5.31. The molecule has 1 heterocycles. The minimum Gasteiger partial charge on any atom is -0.376 e. The number of nitrogens with zero attached hydrogens (tertiary/aromatic N) is 2. The van der Waals surface area contributed by atoms with E-state index in [1.54, 1.807) is 0 Å². The van der Waals surface area contributed by atoms with E-state index in [-0.39, 0.29) is 0 Å². The van der Waals surface area contributed by atoms with E-state index in [0.29, 0.717) is 6.10 Å². The summed E-state index contributed by atoms with van der Waals surface area (Å²) in [6, 6.07) is 10.7. The van der Waals surface area contributed by atoms with Crippen LogP contribution >= 0.6 is 31.9 Å². The predicted octanol–water partition coefficient (Wildman–Crippen LogP) is 3.86. The van der Waals surface area contributed by atoms with Crippen molar-refractivity contribution in [1.29, 1.82) is 0 Å². The largest absolute Gasteiger partial charge is 0.376 e. The van der Waals surface area contributed by atoms with Crippen molar-refractivity contribution in [2.75, 3.05) is 52.0 Å². The summed E-state index contributed by atoms with van der Waals surface area (Å²) >= 11 is 5.88. The molecule has 0 saturated carbocycles. The summed E-state index contributed by atoms with van der Waals surface area (Å²) in [6.07, 6.45) is 1.59. The summed E-state index contributed by atoms with van der Waals surface area (Å²) in [5.41, 5.74) is 1.39. The maximum atomic E-state index is 5.90. The van der Waals surface area contributed by atoms with E-state index < -0.39 is 0 Å². The van der Waals surface area contributed by atoms with E-state index in [0.717, 1.165) is 32.8 Å². The van der Waals surface area contributed by atoms with Crippen molar-refractivity contribution in [3.8, 4) is 0 Å². The molecule has 128 valence electrons. The van der Waals surface area contributed by atoms with Gasteiger partial charge in [0, 0.05) is 26.2 Å². The first-order chi connectivity index (χ1) is 10.7. The molecular weight excluding hydrogens is 408 g/mol. The number of benzene rings is 1. The molecule has 1 aromatic carbocycles. The number of likely N-dealkylation sites (tertiary alicyclic amines) is 1.